The molecule has 1 atom stereocenters. The van der Waals surface area contributed by atoms with Gasteiger partial charge in [0.2, 0.25) is 0 Å². The van der Waals surface area contributed by atoms with E-state index in [2.05, 4.69) is 6.92 Å². The molecule has 0 N–H and O–H groups in total. The molecule has 0 saturated heterocycles. The van der Waals surface area contributed by atoms with Gasteiger partial charge >= 0.3 is 0 Å². The standard InChI is InChI=1S/C15H20ClFO/c1-4-6-7-11(5-2)15(18)12-8-10(3)14(17)9-13(12)16/h8-9,11H,4-7H2,1-3H3. The molecule has 18 heavy (non-hydrogen) atoms. The zero-order valence-electron chi connectivity index (χ0n) is 11.2. The molecular formula is C15H20ClFO. The molecule has 0 spiro atoms. The molecule has 0 aliphatic carbocycles. The Labute approximate surface area is 113 Å². The van der Waals surface area contributed by atoms with E-state index in [1.807, 2.05) is 6.92 Å². The predicted octanol–water partition coefficient (Wildman–Crippen LogP) is 5.19. The Bertz CT molecular complexity index is 429. The van der Waals surface area contributed by atoms with E-state index in [0.29, 0.717) is 11.1 Å². The average molecular weight is 271 g/mol. The number of carbonyl (C=O) groups is 1. The van der Waals surface area contributed by atoms with E-state index in [1.165, 1.54) is 6.07 Å². The Morgan fingerprint density at radius 1 is 1.39 bits per heavy atom. The van der Waals surface area contributed by atoms with Gasteiger partial charge < -0.3 is 0 Å². The highest BCUT2D eigenvalue weighted by molar-refractivity contribution is 6.34. The number of halogens is 2. The second-order valence-corrected chi connectivity index (χ2v) is 5.10. The van der Waals surface area contributed by atoms with E-state index in [9.17, 15) is 9.18 Å². The van der Waals surface area contributed by atoms with Gasteiger partial charge in [0.25, 0.3) is 0 Å². The summed E-state index contributed by atoms with van der Waals surface area (Å²) in [7, 11) is 0. The van der Waals surface area contributed by atoms with Gasteiger partial charge in [-0.1, -0.05) is 38.3 Å². The molecule has 1 rings (SSSR count). The molecule has 100 valence electrons. The monoisotopic (exact) mass is 270 g/mol. The Morgan fingerprint density at radius 3 is 2.61 bits per heavy atom. The lowest BCUT2D eigenvalue weighted by Gasteiger charge is -2.14. The first-order valence-electron chi connectivity index (χ1n) is 6.51. The molecule has 0 saturated carbocycles. The summed E-state index contributed by atoms with van der Waals surface area (Å²) < 4.78 is 13.3. The number of hydrogen-bond acceptors (Lipinski definition) is 1. The van der Waals surface area contributed by atoms with Gasteiger partial charge in [-0.05, 0) is 37.5 Å². The number of aryl methyl sites for hydroxylation is 1. The number of unbranched alkanes of at least 4 members (excludes halogenated alkanes) is 1. The van der Waals surface area contributed by atoms with Crippen LogP contribution in [0.5, 0.6) is 0 Å². The summed E-state index contributed by atoms with van der Waals surface area (Å²) in [6.07, 6.45) is 3.77. The molecule has 0 aromatic heterocycles. The van der Waals surface area contributed by atoms with Gasteiger partial charge in [0.1, 0.15) is 5.82 Å². The maximum Gasteiger partial charge on any atom is 0.167 e. The second-order valence-electron chi connectivity index (χ2n) is 4.69. The largest absolute Gasteiger partial charge is 0.294 e. The predicted molar refractivity (Wildman–Crippen MR) is 73.8 cm³/mol. The van der Waals surface area contributed by atoms with Crippen molar-refractivity contribution in [3.05, 3.63) is 34.1 Å². The highest BCUT2D eigenvalue weighted by atomic mass is 35.5. The van der Waals surface area contributed by atoms with Crippen molar-refractivity contribution in [1.29, 1.82) is 0 Å². The molecule has 0 radical (unpaired) electrons. The van der Waals surface area contributed by atoms with Crippen LogP contribution in [-0.2, 0) is 0 Å². The number of ketones is 1. The zero-order chi connectivity index (χ0) is 13.7. The van der Waals surface area contributed by atoms with Crippen molar-refractivity contribution in [2.45, 2.75) is 46.5 Å². The summed E-state index contributed by atoms with van der Waals surface area (Å²) in [5.74, 6) is -0.329. The first-order chi connectivity index (χ1) is 8.51. The van der Waals surface area contributed by atoms with E-state index >= 15 is 0 Å². The van der Waals surface area contributed by atoms with Crippen LogP contribution in [0.25, 0.3) is 0 Å². The summed E-state index contributed by atoms with van der Waals surface area (Å²) in [5, 5.41) is 0.220. The molecule has 1 aromatic carbocycles. The smallest absolute Gasteiger partial charge is 0.167 e. The van der Waals surface area contributed by atoms with E-state index in [1.54, 1.807) is 13.0 Å². The third kappa shape index (κ3) is 3.55. The summed E-state index contributed by atoms with van der Waals surface area (Å²) in [5.41, 5.74) is 0.923. The molecule has 0 fully saturated rings. The quantitative estimate of drug-likeness (QED) is 0.651. The van der Waals surface area contributed by atoms with Crippen LogP contribution in [0.1, 0.15) is 55.5 Å². The van der Waals surface area contributed by atoms with Crippen molar-refractivity contribution in [2.24, 2.45) is 5.92 Å². The second kappa shape index (κ2) is 6.89. The average Bonchev–Trinajstić information content (AvgIpc) is 2.34. The van der Waals surface area contributed by atoms with Crippen LogP contribution >= 0.6 is 11.6 Å². The summed E-state index contributed by atoms with van der Waals surface area (Å²) in [6, 6.07) is 2.80. The fraction of sp³-hybridized carbons (Fsp3) is 0.533. The maximum atomic E-state index is 13.3. The molecule has 0 aliphatic rings. The van der Waals surface area contributed by atoms with Crippen LogP contribution in [0, 0.1) is 18.7 Å². The number of carbonyl (C=O) groups excluding carboxylic acids is 1. The fourth-order valence-electron chi connectivity index (χ4n) is 2.04. The van der Waals surface area contributed by atoms with Crippen molar-refractivity contribution < 1.29 is 9.18 Å². The molecule has 0 amide bonds. The van der Waals surface area contributed by atoms with Crippen LogP contribution in [0.15, 0.2) is 12.1 Å². The lowest BCUT2D eigenvalue weighted by molar-refractivity contribution is 0.0908. The zero-order valence-corrected chi connectivity index (χ0v) is 12.0. The van der Waals surface area contributed by atoms with Crippen LogP contribution in [0.2, 0.25) is 5.02 Å². The van der Waals surface area contributed by atoms with Crippen molar-refractivity contribution in [3.8, 4) is 0 Å². The molecule has 0 aliphatic heterocycles. The highest BCUT2D eigenvalue weighted by Gasteiger charge is 2.21. The van der Waals surface area contributed by atoms with Gasteiger partial charge in [0.05, 0.1) is 5.02 Å². The number of benzene rings is 1. The van der Waals surface area contributed by atoms with Gasteiger partial charge in [-0.2, -0.15) is 0 Å². The summed E-state index contributed by atoms with van der Waals surface area (Å²) >= 11 is 5.97. The van der Waals surface area contributed by atoms with Crippen molar-refractivity contribution in [2.75, 3.05) is 0 Å². The van der Waals surface area contributed by atoms with Gasteiger partial charge in [0, 0.05) is 11.5 Å². The Balaban J connectivity index is 2.98. The van der Waals surface area contributed by atoms with Crippen LogP contribution in [0.3, 0.4) is 0 Å². The first-order valence-corrected chi connectivity index (χ1v) is 6.88. The third-order valence-corrected chi connectivity index (χ3v) is 3.60. The third-order valence-electron chi connectivity index (χ3n) is 3.28. The van der Waals surface area contributed by atoms with Crippen LogP contribution in [-0.4, -0.2) is 5.78 Å². The van der Waals surface area contributed by atoms with Gasteiger partial charge in [-0.15, -0.1) is 0 Å². The molecular weight excluding hydrogens is 251 g/mol. The molecule has 0 bridgehead atoms. The topological polar surface area (TPSA) is 17.1 Å². The first kappa shape index (κ1) is 15.2. The lowest BCUT2D eigenvalue weighted by Crippen LogP contribution is -2.15. The van der Waals surface area contributed by atoms with Crippen LogP contribution in [0.4, 0.5) is 4.39 Å². The minimum atomic E-state index is -0.363. The van der Waals surface area contributed by atoms with E-state index < -0.39 is 0 Å². The van der Waals surface area contributed by atoms with Crippen molar-refractivity contribution in [1.82, 2.24) is 0 Å². The minimum Gasteiger partial charge on any atom is -0.294 e. The number of hydrogen-bond donors (Lipinski definition) is 0. The molecule has 1 unspecified atom stereocenters. The molecule has 0 heterocycles. The molecule has 3 heteroatoms. The number of Topliss-reactive ketones (excluding diaryl/α,β-unsaturated/α-hetero) is 1. The van der Waals surface area contributed by atoms with E-state index in [4.69, 9.17) is 11.6 Å². The maximum absolute atomic E-state index is 13.3. The normalized spacial score (nSPS) is 12.5. The Kier molecular flexibility index (Phi) is 5.80. The van der Waals surface area contributed by atoms with Gasteiger partial charge in [0.15, 0.2) is 5.78 Å². The van der Waals surface area contributed by atoms with Crippen molar-refractivity contribution >= 4 is 17.4 Å². The summed E-state index contributed by atoms with van der Waals surface area (Å²) in [6.45, 7) is 5.75. The Morgan fingerprint density at radius 2 is 2.06 bits per heavy atom. The van der Waals surface area contributed by atoms with E-state index in [0.717, 1.165) is 25.7 Å². The number of rotatable bonds is 6. The molecule has 1 nitrogen and oxygen atoms in total. The van der Waals surface area contributed by atoms with Crippen LogP contribution < -0.4 is 0 Å². The van der Waals surface area contributed by atoms with Gasteiger partial charge in [-0.25, -0.2) is 4.39 Å². The fourth-order valence-corrected chi connectivity index (χ4v) is 2.28. The summed E-state index contributed by atoms with van der Waals surface area (Å²) in [4.78, 5) is 12.4. The highest BCUT2D eigenvalue weighted by Crippen LogP contribution is 2.26. The molecule has 1 aromatic rings. The Hall–Kier alpha value is -0.890. The van der Waals surface area contributed by atoms with Crippen molar-refractivity contribution in [3.63, 3.8) is 0 Å². The lowest BCUT2D eigenvalue weighted by atomic mass is 9.90. The minimum absolute atomic E-state index is 0.00712. The SMILES string of the molecule is CCCCC(CC)C(=O)c1cc(C)c(F)cc1Cl. The van der Waals surface area contributed by atoms with Gasteiger partial charge in [-0.3, -0.25) is 4.79 Å². The van der Waals surface area contributed by atoms with E-state index in [-0.39, 0.29) is 22.5 Å².